The van der Waals surface area contributed by atoms with Gasteiger partial charge < -0.3 is 15.2 Å². The Balaban J connectivity index is 1.63. The van der Waals surface area contributed by atoms with Gasteiger partial charge in [0.05, 0.1) is 12.1 Å². The Morgan fingerprint density at radius 2 is 2.00 bits per heavy atom. The predicted octanol–water partition coefficient (Wildman–Crippen LogP) is 3.33. The number of aliphatic hydroxyl groups is 1. The summed E-state index contributed by atoms with van der Waals surface area (Å²) < 4.78 is 6.37. The highest BCUT2D eigenvalue weighted by molar-refractivity contribution is 7.17. The fraction of sp³-hybridized carbons (Fsp3) is 0.389. The summed E-state index contributed by atoms with van der Waals surface area (Å²) in [5, 5.41) is 13.9. The zero-order chi connectivity index (χ0) is 18.9. The van der Waals surface area contributed by atoms with Crippen LogP contribution < -0.4 is 14.9 Å². The van der Waals surface area contributed by atoms with Crippen molar-refractivity contribution in [3.05, 3.63) is 44.5 Å². The molecule has 0 aliphatic heterocycles. The molecule has 1 saturated carbocycles. The number of hydrogen-bond donors (Lipinski definition) is 3. The molecular weight excluding hydrogens is 388 g/mol. The third kappa shape index (κ3) is 3.92. The van der Waals surface area contributed by atoms with Crippen LogP contribution in [0.1, 0.15) is 31.2 Å². The smallest absolute Gasteiger partial charge is 0.320 e. The maximum absolute atomic E-state index is 11.8. The van der Waals surface area contributed by atoms with Gasteiger partial charge in [-0.25, -0.2) is 0 Å². The SMILES string of the molecule is O=c1[nH]c2nc(OCc3ccc(Cl)cc3)nc(NC3(CO)CCCC3)c2s1. The van der Waals surface area contributed by atoms with Gasteiger partial charge in [-0.15, -0.1) is 0 Å². The average Bonchev–Trinajstić information content (AvgIpc) is 3.28. The van der Waals surface area contributed by atoms with E-state index in [1.807, 2.05) is 12.1 Å². The van der Waals surface area contributed by atoms with Gasteiger partial charge in [0.25, 0.3) is 0 Å². The van der Waals surface area contributed by atoms with Crippen molar-refractivity contribution in [3.8, 4) is 6.01 Å². The summed E-state index contributed by atoms with van der Waals surface area (Å²) in [5.41, 5.74) is 0.945. The molecule has 3 N–H and O–H groups in total. The number of hydrogen-bond acceptors (Lipinski definition) is 7. The van der Waals surface area contributed by atoms with Crippen LogP contribution in [0, 0.1) is 0 Å². The van der Waals surface area contributed by atoms with Crippen LogP contribution in [0.4, 0.5) is 5.82 Å². The van der Waals surface area contributed by atoms with Gasteiger partial charge >= 0.3 is 10.9 Å². The van der Waals surface area contributed by atoms with Crippen molar-refractivity contribution in [2.45, 2.75) is 37.8 Å². The third-order valence-corrected chi connectivity index (χ3v) is 5.92. The molecule has 7 nitrogen and oxygen atoms in total. The van der Waals surface area contributed by atoms with Gasteiger partial charge in [0.2, 0.25) is 0 Å². The molecule has 0 radical (unpaired) electrons. The summed E-state index contributed by atoms with van der Waals surface area (Å²) >= 11 is 6.94. The van der Waals surface area contributed by atoms with E-state index in [1.165, 1.54) is 0 Å². The van der Waals surface area contributed by atoms with E-state index in [2.05, 4.69) is 20.3 Å². The lowest BCUT2D eigenvalue weighted by Gasteiger charge is -2.28. The van der Waals surface area contributed by atoms with Crippen molar-refractivity contribution >= 4 is 39.1 Å². The van der Waals surface area contributed by atoms with E-state index in [-0.39, 0.29) is 24.1 Å². The van der Waals surface area contributed by atoms with Crippen molar-refractivity contribution in [2.75, 3.05) is 11.9 Å². The molecule has 0 saturated heterocycles. The van der Waals surface area contributed by atoms with E-state index in [4.69, 9.17) is 16.3 Å². The molecule has 0 atom stereocenters. The minimum absolute atomic E-state index is 0.0127. The second-order valence-corrected chi connectivity index (χ2v) is 8.15. The summed E-state index contributed by atoms with van der Waals surface area (Å²) in [7, 11) is 0. The molecule has 4 rings (SSSR count). The van der Waals surface area contributed by atoms with Gasteiger partial charge in [-0.2, -0.15) is 9.97 Å². The van der Waals surface area contributed by atoms with Crippen LogP contribution >= 0.6 is 22.9 Å². The molecule has 0 spiro atoms. The van der Waals surface area contributed by atoms with E-state index in [0.717, 1.165) is 42.6 Å². The molecule has 27 heavy (non-hydrogen) atoms. The molecule has 1 aromatic carbocycles. The summed E-state index contributed by atoms with van der Waals surface area (Å²) in [5.74, 6) is 0.519. The zero-order valence-corrected chi connectivity index (χ0v) is 16.1. The lowest BCUT2D eigenvalue weighted by Crippen LogP contribution is -2.39. The average molecular weight is 407 g/mol. The van der Waals surface area contributed by atoms with E-state index in [0.29, 0.717) is 21.2 Å². The molecule has 3 aromatic rings. The normalized spacial score (nSPS) is 15.9. The molecule has 142 valence electrons. The Morgan fingerprint density at radius 3 is 2.70 bits per heavy atom. The summed E-state index contributed by atoms with van der Waals surface area (Å²) in [4.78, 5) is 23.1. The van der Waals surface area contributed by atoms with Crippen LogP contribution in [0.15, 0.2) is 29.1 Å². The number of H-pyrrole nitrogens is 1. The third-order valence-electron chi connectivity index (χ3n) is 4.79. The predicted molar refractivity (Wildman–Crippen MR) is 106 cm³/mol. The number of thiazole rings is 1. The first kappa shape index (κ1) is 18.2. The Hall–Kier alpha value is -2.16. The molecule has 2 heterocycles. The quantitative estimate of drug-likeness (QED) is 0.580. The molecule has 2 aromatic heterocycles. The first-order chi connectivity index (χ1) is 13.1. The van der Waals surface area contributed by atoms with Crippen molar-refractivity contribution in [2.24, 2.45) is 0 Å². The number of aromatic amines is 1. The van der Waals surface area contributed by atoms with E-state index in [1.54, 1.807) is 12.1 Å². The van der Waals surface area contributed by atoms with Gasteiger partial charge in [-0.05, 0) is 30.5 Å². The van der Waals surface area contributed by atoms with Crippen molar-refractivity contribution < 1.29 is 9.84 Å². The molecule has 1 aliphatic rings. The second-order valence-electron chi connectivity index (χ2n) is 6.73. The number of aliphatic hydroxyl groups excluding tert-OH is 1. The minimum Gasteiger partial charge on any atom is -0.458 e. The minimum atomic E-state index is -0.415. The maximum Gasteiger partial charge on any atom is 0.320 e. The molecule has 0 unspecified atom stereocenters. The van der Waals surface area contributed by atoms with Crippen LogP contribution in [0.2, 0.25) is 5.02 Å². The number of rotatable bonds is 6. The highest BCUT2D eigenvalue weighted by Crippen LogP contribution is 2.35. The van der Waals surface area contributed by atoms with Crippen LogP contribution in [0.25, 0.3) is 10.3 Å². The Kier molecular flexibility index (Phi) is 5.03. The Morgan fingerprint density at radius 1 is 1.26 bits per heavy atom. The standard InChI is InChI=1S/C18H19ClN4O3S/c19-12-5-3-11(4-6-12)9-26-16-20-14-13(27-17(25)22-14)15(21-16)23-18(10-24)7-1-2-8-18/h3-6,24H,1-2,7-10H2,(H2,20,21,22,23,25). The molecule has 0 bridgehead atoms. The van der Waals surface area contributed by atoms with Gasteiger partial charge in [0, 0.05) is 5.02 Å². The van der Waals surface area contributed by atoms with Crippen LogP contribution in [-0.4, -0.2) is 32.2 Å². The van der Waals surface area contributed by atoms with Crippen LogP contribution in [0.3, 0.4) is 0 Å². The summed E-state index contributed by atoms with van der Waals surface area (Å²) in [6.45, 7) is 0.292. The lowest BCUT2D eigenvalue weighted by atomic mass is 9.99. The number of ether oxygens (including phenoxy) is 1. The van der Waals surface area contributed by atoms with Gasteiger partial charge in [0.1, 0.15) is 11.3 Å². The van der Waals surface area contributed by atoms with Gasteiger partial charge in [-0.3, -0.25) is 9.78 Å². The number of aromatic nitrogens is 3. The van der Waals surface area contributed by atoms with Crippen molar-refractivity contribution in [3.63, 3.8) is 0 Å². The van der Waals surface area contributed by atoms with Gasteiger partial charge in [-0.1, -0.05) is 47.9 Å². The van der Waals surface area contributed by atoms with Crippen LogP contribution in [-0.2, 0) is 6.61 Å². The van der Waals surface area contributed by atoms with Gasteiger partial charge in [0.15, 0.2) is 11.5 Å². The Bertz CT molecular complexity index is 996. The number of nitrogens with one attached hydrogen (secondary N) is 2. The maximum atomic E-state index is 11.8. The summed E-state index contributed by atoms with van der Waals surface area (Å²) in [6, 6.07) is 7.48. The number of halogens is 1. The molecule has 1 aliphatic carbocycles. The second kappa shape index (κ2) is 7.46. The fourth-order valence-corrected chi connectivity index (χ4v) is 4.18. The van der Waals surface area contributed by atoms with E-state index < -0.39 is 5.54 Å². The van der Waals surface area contributed by atoms with Crippen LogP contribution in [0.5, 0.6) is 6.01 Å². The molecule has 1 fully saturated rings. The Labute approximate surface area is 164 Å². The summed E-state index contributed by atoms with van der Waals surface area (Å²) in [6.07, 6.45) is 3.81. The van der Waals surface area contributed by atoms with E-state index >= 15 is 0 Å². The number of anilines is 1. The molecule has 0 amide bonds. The largest absolute Gasteiger partial charge is 0.458 e. The van der Waals surface area contributed by atoms with E-state index in [9.17, 15) is 9.90 Å². The first-order valence-electron chi connectivity index (χ1n) is 8.74. The first-order valence-corrected chi connectivity index (χ1v) is 9.93. The lowest BCUT2D eigenvalue weighted by molar-refractivity contribution is 0.213. The highest BCUT2D eigenvalue weighted by Gasteiger charge is 2.34. The number of nitrogens with zero attached hydrogens (tertiary/aromatic N) is 2. The number of benzene rings is 1. The van der Waals surface area contributed by atoms with Crippen molar-refractivity contribution in [1.29, 1.82) is 0 Å². The van der Waals surface area contributed by atoms with Crippen molar-refractivity contribution in [1.82, 2.24) is 15.0 Å². The number of fused-ring (bicyclic) bond motifs is 1. The monoisotopic (exact) mass is 406 g/mol. The highest BCUT2D eigenvalue weighted by atomic mass is 35.5. The zero-order valence-electron chi connectivity index (χ0n) is 14.5. The topological polar surface area (TPSA) is 100 Å². The fourth-order valence-electron chi connectivity index (χ4n) is 3.33. The molecule has 9 heteroatoms. The molecular formula is C18H19ClN4O3S.